The molecule has 3 aromatic rings. The van der Waals surface area contributed by atoms with E-state index in [1.807, 2.05) is 48.7 Å². The Balaban J connectivity index is 1.83. The van der Waals surface area contributed by atoms with E-state index >= 15 is 0 Å². The van der Waals surface area contributed by atoms with Gasteiger partial charge in [0.1, 0.15) is 0 Å². The van der Waals surface area contributed by atoms with E-state index < -0.39 is 0 Å². The Kier molecular flexibility index (Phi) is 3.55. The average molecular weight is 260 g/mol. The summed E-state index contributed by atoms with van der Waals surface area (Å²) >= 11 is 0. The van der Waals surface area contributed by atoms with Crippen molar-refractivity contribution in [2.24, 2.45) is 4.99 Å². The van der Waals surface area contributed by atoms with Crippen molar-refractivity contribution in [2.45, 2.75) is 13.0 Å². The number of aliphatic imine (C=N–C) groups is 1. The van der Waals surface area contributed by atoms with Gasteiger partial charge in [0.15, 0.2) is 0 Å². The molecule has 0 amide bonds. The Hall–Kier alpha value is -2.48. The van der Waals surface area contributed by atoms with Crippen LogP contribution in [0.1, 0.15) is 24.2 Å². The van der Waals surface area contributed by atoms with Crippen LogP contribution in [0.2, 0.25) is 0 Å². The monoisotopic (exact) mass is 260 g/mol. The number of fused-ring (bicyclic) bond motifs is 1. The van der Waals surface area contributed by atoms with Gasteiger partial charge in [0.25, 0.3) is 0 Å². The van der Waals surface area contributed by atoms with E-state index in [1.165, 1.54) is 5.56 Å². The van der Waals surface area contributed by atoms with Crippen LogP contribution < -0.4 is 0 Å². The number of aromatic nitrogens is 1. The van der Waals surface area contributed by atoms with Crippen LogP contribution in [0.25, 0.3) is 10.9 Å². The first-order chi connectivity index (χ1) is 9.83. The van der Waals surface area contributed by atoms with Gasteiger partial charge in [-0.05, 0) is 24.6 Å². The minimum atomic E-state index is 0.143. The van der Waals surface area contributed by atoms with Crippen LogP contribution in [0.5, 0.6) is 0 Å². The topological polar surface area (TPSA) is 25.2 Å². The highest BCUT2D eigenvalue weighted by Crippen LogP contribution is 2.16. The maximum absolute atomic E-state index is 4.59. The molecule has 98 valence electrons. The summed E-state index contributed by atoms with van der Waals surface area (Å²) in [6, 6.07) is 22.6. The molecule has 0 saturated carbocycles. The van der Waals surface area contributed by atoms with Gasteiger partial charge in [0.05, 0.1) is 17.3 Å². The van der Waals surface area contributed by atoms with Crippen LogP contribution in [0.4, 0.5) is 0 Å². The quantitative estimate of drug-likeness (QED) is 0.640. The molecule has 0 N–H and O–H groups in total. The molecule has 2 heteroatoms. The zero-order valence-electron chi connectivity index (χ0n) is 11.4. The smallest absolute Gasteiger partial charge is 0.0815 e. The Morgan fingerprint density at radius 1 is 0.900 bits per heavy atom. The average Bonchev–Trinajstić information content (AvgIpc) is 2.53. The Labute approximate surface area is 118 Å². The normalized spacial score (nSPS) is 12.8. The predicted molar refractivity (Wildman–Crippen MR) is 84.2 cm³/mol. The molecule has 0 fully saturated rings. The lowest BCUT2D eigenvalue weighted by Gasteiger charge is -2.05. The van der Waals surface area contributed by atoms with E-state index in [0.29, 0.717) is 0 Å². The van der Waals surface area contributed by atoms with Crippen molar-refractivity contribution < 1.29 is 0 Å². The van der Waals surface area contributed by atoms with Crippen LogP contribution in [0, 0.1) is 0 Å². The zero-order valence-corrected chi connectivity index (χ0v) is 11.4. The molecular formula is C18H16N2. The predicted octanol–water partition coefficient (Wildman–Crippen LogP) is 4.41. The summed E-state index contributed by atoms with van der Waals surface area (Å²) in [5.41, 5.74) is 3.11. The molecule has 3 rings (SSSR count). The van der Waals surface area contributed by atoms with Crippen molar-refractivity contribution in [3.8, 4) is 0 Å². The van der Waals surface area contributed by atoms with E-state index in [2.05, 4.69) is 41.2 Å². The van der Waals surface area contributed by atoms with Crippen LogP contribution in [-0.2, 0) is 0 Å². The maximum Gasteiger partial charge on any atom is 0.0815 e. The number of hydrogen-bond acceptors (Lipinski definition) is 2. The molecule has 1 aromatic heterocycles. The number of benzene rings is 2. The molecule has 0 aliphatic carbocycles. The van der Waals surface area contributed by atoms with E-state index in [0.717, 1.165) is 16.6 Å². The molecule has 20 heavy (non-hydrogen) atoms. The third kappa shape index (κ3) is 2.75. The largest absolute Gasteiger partial charge is 0.283 e. The van der Waals surface area contributed by atoms with Crippen molar-refractivity contribution in [3.63, 3.8) is 0 Å². The summed E-state index contributed by atoms with van der Waals surface area (Å²) in [5, 5.41) is 1.15. The van der Waals surface area contributed by atoms with Crippen LogP contribution >= 0.6 is 0 Å². The molecule has 0 radical (unpaired) electrons. The summed E-state index contributed by atoms with van der Waals surface area (Å²) in [6.45, 7) is 2.09. The second-order valence-electron chi connectivity index (χ2n) is 4.79. The minimum absolute atomic E-state index is 0.143. The number of pyridine rings is 1. The highest BCUT2D eigenvalue weighted by atomic mass is 14.8. The molecule has 0 spiro atoms. The molecule has 2 nitrogen and oxygen atoms in total. The van der Waals surface area contributed by atoms with Gasteiger partial charge in [-0.1, -0.05) is 54.6 Å². The molecule has 0 unspecified atom stereocenters. The number of para-hydroxylation sites is 1. The molecule has 0 aliphatic rings. The lowest BCUT2D eigenvalue weighted by atomic mass is 10.1. The van der Waals surface area contributed by atoms with Gasteiger partial charge in [-0.15, -0.1) is 0 Å². The van der Waals surface area contributed by atoms with Gasteiger partial charge in [0.2, 0.25) is 0 Å². The maximum atomic E-state index is 4.59. The SMILES string of the molecule is C[C@H](N=Cc1ccc2ccccc2n1)c1ccccc1. The van der Waals surface area contributed by atoms with Gasteiger partial charge >= 0.3 is 0 Å². The number of rotatable bonds is 3. The number of nitrogens with zero attached hydrogens (tertiary/aromatic N) is 2. The summed E-state index contributed by atoms with van der Waals surface area (Å²) in [7, 11) is 0. The number of hydrogen-bond donors (Lipinski definition) is 0. The minimum Gasteiger partial charge on any atom is -0.283 e. The summed E-state index contributed by atoms with van der Waals surface area (Å²) in [5.74, 6) is 0. The van der Waals surface area contributed by atoms with Crippen molar-refractivity contribution in [3.05, 3.63) is 78.0 Å². The Morgan fingerprint density at radius 2 is 1.65 bits per heavy atom. The zero-order chi connectivity index (χ0) is 13.8. The molecule has 2 aromatic carbocycles. The van der Waals surface area contributed by atoms with Crippen molar-refractivity contribution in [1.82, 2.24) is 4.98 Å². The second-order valence-corrected chi connectivity index (χ2v) is 4.79. The molecule has 0 bridgehead atoms. The van der Waals surface area contributed by atoms with E-state index in [4.69, 9.17) is 0 Å². The summed E-state index contributed by atoms with van der Waals surface area (Å²) < 4.78 is 0. The van der Waals surface area contributed by atoms with E-state index in [9.17, 15) is 0 Å². The van der Waals surface area contributed by atoms with Crippen LogP contribution in [0.3, 0.4) is 0 Å². The molecule has 0 saturated heterocycles. The molecule has 0 aliphatic heterocycles. The van der Waals surface area contributed by atoms with Crippen LogP contribution in [0.15, 0.2) is 71.7 Å². The van der Waals surface area contributed by atoms with E-state index in [1.54, 1.807) is 0 Å². The third-order valence-electron chi connectivity index (χ3n) is 3.33. The van der Waals surface area contributed by atoms with Gasteiger partial charge in [-0.3, -0.25) is 4.99 Å². The first-order valence-electron chi connectivity index (χ1n) is 6.77. The Morgan fingerprint density at radius 3 is 2.50 bits per heavy atom. The van der Waals surface area contributed by atoms with Gasteiger partial charge in [0, 0.05) is 11.6 Å². The fourth-order valence-electron chi connectivity index (χ4n) is 2.16. The molecular weight excluding hydrogens is 244 g/mol. The van der Waals surface area contributed by atoms with E-state index in [-0.39, 0.29) is 6.04 Å². The van der Waals surface area contributed by atoms with Gasteiger partial charge in [-0.25, -0.2) is 4.98 Å². The van der Waals surface area contributed by atoms with Crippen molar-refractivity contribution >= 4 is 17.1 Å². The van der Waals surface area contributed by atoms with Crippen molar-refractivity contribution in [1.29, 1.82) is 0 Å². The lowest BCUT2D eigenvalue weighted by molar-refractivity contribution is 0.824. The Bertz CT molecular complexity index is 733. The van der Waals surface area contributed by atoms with Crippen molar-refractivity contribution in [2.75, 3.05) is 0 Å². The fourth-order valence-corrected chi connectivity index (χ4v) is 2.16. The first-order valence-corrected chi connectivity index (χ1v) is 6.77. The lowest BCUT2D eigenvalue weighted by Crippen LogP contribution is -1.93. The fraction of sp³-hybridized carbons (Fsp3) is 0.111. The first kappa shape index (κ1) is 12.5. The summed E-state index contributed by atoms with van der Waals surface area (Å²) in [4.78, 5) is 9.18. The standard InChI is InChI=1S/C18H16N2/c1-14(15-7-3-2-4-8-15)19-13-17-12-11-16-9-5-6-10-18(16)20-17/h2-14H,1H3/t14-/m0/s1. The van der Waals surface area contributed by atoms with Crippen LogP contribution in [-0.4, -0.2) is 11.2 Å². The molecule has 1 heterocycles. The molecule has 1 atom stereocenters. The summed E-state index contributed by atoms with van der Waals surface area (Å²) in [6.07, 6.45) is 1.85. The third-order valence-corrected chi connectivity index (χ3v) is 3.33. The van der Waals surface area contributed by atoms with Gasteiger partial charge in [-0.2, -0.15) is 0 Å². The second kappa shape index (κ2) is 5.66. The van der Waals surface area contributed by atoms with Gasteiger partial charge < -0.3 is 0 Å². The highest BCUT2D eigenvalue weighted by Gasteiger charge is 2.01. The highest BCUT2D eigenvalue weighted by molar-refractivity contribution is 5.85.